The van der Waals surface area contributed by atoms with E-state index in [0.717, 1.165) is 39.0 Å². The van der Waals surface area contributed by atoms with Crippen LogP contribution in [0.1, 0.15) is 16.8 Å². The fourth-order valence-corrected chi connectivity index (χ4v) is 3.04. The lowest BCUT2D eigenvalue weighted by Crippen LogP contribution is -2.04. The van der Waals surface area contributed by atoms with Crippen LogP contribution < -0.4 is 10.5 Å². The second-order valence-electron chi connectivity index (χ2n) is 6.38. The van der Waals surface area contributed by atoms with Crippen molar-refractivity contribution in [3.8, 4) is 17.1 Å². The van der Waals surface area contributed by atoms with Crippen LogP contribution in [0.2, 0.25) is 0 Å². The molecule has 134 valence electrons. The van der Waals surface area contributed by atoms with E-state index in [1.807, 2.05) is 31.3 Å². The topological polar surface area (TPSA) is 86.8 Å². The van der Waals surface area contributed by atoms with Crippen molar-refractivity contribution in [3.63, 3.8) is 0 Å². The normalized spacial score (nSPS) is 10.9. The first-order valence-corrected chi connectivity index (χ1v) is 8.64. The Kier molecular flexibility index (Phi) is 4.38. The predicted molar refractivity (Wildman–Crippen MR) is 105 cm³/mol. The van der Waals surface area contributed by atoms with Gasteiger partial charge in [-0.2, -0.15) is 4.98 Å². The molecular weight excluding hydrogens is 338 g/mol. The number of anilines is 1. The van der Waals surface area contributed by atoms with Gasteiger partial charge in [0.2, 0.25) is 11.8 Å². The van der Waals surface area contributed by atoms with E-state index >= 15 is 0 Å². The second kappa shape index (κ2) is 6.99. The number of aryl methyl sites for hydroxylation is 2. The van der Waals surface area contributed by atoms with Crippen LogP contribution in [0.15, 0.2) is 54.9 Å². The highest BCUT2D eigenvalue weighted by Gasteiger charge is 2.12. The quantitative estimate of drug-likeness (QED) is 0.597. The third kappa shape index (κ3) is 3.55. The van der Waals surface area contributed by atoms with Gasteiger partial charge in [-0.25, -0.2) is 9.97 Å². The molecule has 6 nitrogen and oxygen atoms in total. The first-order chi connectivity index (χ1) is 13.1. The lowest BCUT2D eigenvalue weighted by Gasteiger charge is -2.13. The van der Waals surface area contributed by atoms with Crippen LogP contribution in [0.4, 0.5) is 5.95 Å². The van der Waals surface area contributed by atoms with Crippen molar-refractivity contribution >= 4 is 16.9 Å². The Hall–Kier alpha value is -3.54. The molecule has 1 aromatic carbocycles. The molecule has 3 heterocycles. The van der Waals surface area contributed by atoms with E-state index < -0.39 is 0 Å². The van der Waals surface area contributed by atoms with E-state index in [0.29, 0.717) is 12.5 Å². The molecule has 0 radical (unpaired) electrons. The fraction of sp³-hybridized carbons (Fsp3) is 0.143. The summed E-state index contributed by atoms with van der Waals surface area (Å²) in [4.78, 5) is 17.4. The van der Waals surface area contributed by atoms with Crippen molar-refractivity contribution in [1.29, 1.82) is 0 Å². The lowest BCUT2D eigenvalue weighted by atomic mass is 10.0. The van der Waals surface area contributed by atoms with E-state index in [-0.39, 0.29) is 5.95 Å². The Morgan fingerprint density at radius 2 is 1.89 bits per heavy atom. The van der Waals surface area contributed by atoms with Gasteiger partial charge in [-0.15, -0.1) is 0 Å². The highest BCUT2D eigenvalue weighted by molar-refractivity contribution is 5.85. The van der Waals surface area contributed by atoms with Crippen molar-refractivity contribution in [1.82, 2.24) is 19.9 Å². The summed E-state index contributed by atoms with van der Waals surface area (Å²) in [6.07, 6.45) is 3.56. The standard InChI is InChI=1S/C21H19N5O/c1-13-5-3-6-15-10-17(12-27-18-9-14(2)24-21(22)25-18)20(26-19(13)15)16-7-4-8-23-11-16/h3-11H,12H2,1-2H3,(H2,22,24,25). The average Bonchev–Trinajstić information content (AvgIpc) is 2.66. The van der Waals surface area contributed by atoms with Crippen molar-refractivity contribution in [3.05, 3.63) is 71.7 Å². The Morgan fingerprint density at radius 3 is 2.67 bits per heavy atom. The molecule has 0 saturated carbocycles. The van der Waals surface area contributed by atoms with Crippen LogP contribution in [0.5, 0.6) is 5.88 Å². The molecule has 4 aromatic rings. The summed E-state index contributed by atoms with van der Waals surface area (Å²) >= 11 is 0. The molecule has 0 unspecified atom stereocenters. The summed E-state index contributed by atoms with van der Waals surface area (Å²) in [7, 11) is 0. The van der Waals surface area contributed by atoms with Crippen LogP contribution in [0, 0.1) is 13.8 Å². The number of hydrogen-bond acceptors (Lipinski definition) is 6. The summed E-state index contributed by atoms with van der Waals surface area (Å²) in [6.45, 7) is 4.23. The van der Waals surface area contributed by atoms with Gasteiger partial charge in [-0.1, -0.05) is 18.2 Å². The van der Waals surface area contributed by atoms with Gasteiger partial charge in [0.1, 0.15) is 6.61 Å². The maximum absolute atomic E-state index is 5.90. The van der Waals surface area contributed by atoms with Crippen molar-refractivity contribution in [2.24, 2.45) is 0 Å². The highest BCUT2D eigenvalue weighted by atomic mass is 16.5. The first kappa shape index (κ1) is 16.9. The van der Waals surface area contributed by atoms with Gasteiger partial charge in [-0.05, 0) is 37.6 Å². The molecule has 0 atom stereocenters. The number of ether oxygens (including phenoxy) is 1. The minimum Gasteiger partial charge on any atom is -0.473 e. The second-order valence-corrected chi connectivity index (χ2v) is 6.38. The molecule has 0 aliphatic rings. The van der Waals surface area contributed by atoms with Crippen LogP contribution >= 0.6 is 0 Å². The molecular formula is C21H19N5O. The summed E-state index contributed by atoms with van der Waals surface area (Å²) in [5.74, 6) is 0.645. The molecule has 0 spiro atoms. The van der Waals surface area contributed by atoms with Gasteiger partial charge in [0.05, 0.1) is 11.2 Å². The number of fused-ring (bicyclic) bond motifs is 1. The van der Waals surface area contributed by atoms with Crippen LogP contribution in [0.25, 0.3) is 22.2 Å². The zero-order valence-electron chi connectivity index (χ0n) is 15.2. The Bertz CT molecular complexity index is 1090. The molecule has 0 saturated heterocycles. The summed E-state index contributed by atoms with van der Waals surface area (Å²) in [6, 6.07) is 13.9. The third-order valence-electron chi connectivity index (χ3n) is 4.29. The smallest absolute Gasteiger partial charge is 0.223 e. The van der Waals surface area contributed by atoms with Gasteiger partial charge in [0.25, 0.3) is 0 Å². The third-order valence-corrected chi connectivity index (χ3v) is 4.29. The van der Waals surface area contributed by atoms with Crippen molar-refractivity contribution in [2.75, 3.05) is 5.73 Å². The molecule has 3 aromatic heterocycles. The van der Waals surface area contributed by atoms with Gasteiger partial charge >= 0.3 is 0 Å². The molecule has 6 heteroatoms. The molecule has 4 rings (SSSR count). The highest BCUT2D eigenvalue weighted by Crippen LogP contribution is 2.27. The van der Waals surface area contributed by atoms with E-state index in [1.54, 1.807) is 12.3 Å². The number of rotatable bonds is 4. The Balaban J connectivity index is 1.78. The zero-order chi connectivity index (χ0) is 18.8. The summed E-state index contributed by atoms with van der Waals surface area (Å²) < 4.78 is 5.90. The molecule has 0 aliphatic heterocycles. The monoisotopic (exact) mass is 357 g/mol. The molecule has 2 N–H and O–H groups in total. The van der Waals surface area contributed by atoms with Crippen molar-refractivity contribution in [2.45, 2.75) is 20.5 Å². The van der Waals surface area contributed by atoms with Gasteiger partial charge < -0.3 is 10.5 Å². The fourth-order valence-electron chi connectivity index (χ4n) is 3.04. The van der Waals surface area contributed by atoms with E-state index in [1.165, 1.54) is 0 Å². The molecule has 0 aliphatic carbocycles. The van der Waals surface area contributed by atoms with Gasteiger partial charge in [-0.3, -0.25) is 4.98 Å². The van der Waals surface area contributed by atoms with Gasteiger partial charge in [0, 0.05) is 40.7 Å². The SMILES string of the molecule is Cc1cc(OCc2cc3cccc(C)c3nc2-c2cccnc2)nc(N)n1. The number of aromatic nitrogens is 4. The number of hydrogen-bond donors (Lipinski definition) is 1. The number of nitrogens with zero attached hydrogens (tertiary/aromatic N) is 4. The molecule has 0 fully saturated rings. The lowest BCUT2D eigenvalue weighted by molar-refractivity contribution is 0.294. The maximum Gasteiger partial charge on any atom is 0.223 e. The molecule has 0 bridgehead atoms. The number of pyridine rings is 2. The number of nitrogen functional groups attached to an aromatic ring is 1. The number of benzene rings is 1. The molecule has 27 heavy (non-hydrogen) atoms. The largest absolute Gasteiger partial charge is 0.473 e. The first-order valence-electron chi connectivity index (χ1n) is 8.64. The minimum absolute atomic E-state index is 0.199. The van der Waals surface area contributed by atoms with E-state index in [9.17, 15) is 0 Å². The van der Waals surface area contributed by atoms with Crippen LogP contribution in [0.3, 0.4) is 0 Å². The molecule has 0 amide bonds. The Morgan fingerprint density at radius 1 is 1.00 bits per heavy atom. The van der Waals surface area contributed by atoms with Crippen LogP contribution in [-0.4, -0.2) is 19.9 Å². The Labute approximate surface area is 157 Å². The van der Waals surface area contributed by atoms with Crippen LogP contribution in [-0.2, 0) is 6.61 Å². The maximum atomic E-state index is 5.90. The predicted octanol–water partition coefficient (Wildman–Crippen LogP) is 3.86. The average molecular weight is 357 g/mol. The van der Waals surface area contributed by atoms with Gasteiger partial charge in [0.15, 0.2) is 0 Å². The number of para-hydroxylation sites is 1. The summed E-state index contributed by atoms with van der Waals surface area (Å²) in [5, 5.41) is 1.07. The van der Waals surface area contributed by atoms with Crippen molar-refractivity contribution < 1.29 is 4.74 Å². The van der Waals surface area contributed by atoms with E-state index in [4.69, 9.17) is 15.5 Å². The van der Waals surface area contributed by atoms with E-state index in [2.05, 4.69) is 40.1 Å². The summed E-state index contributed by atoms with van der Waals surface area (Å²) in [5.41, 5.74) is 11.3. The zero-order valence-corrected chi connectivity index (χ0v) is 15.2. The minimum atomic E-state index is 0.199. The number of nitrogens with two attached hydrogens (primary N) is 1.